The largest absolute Gasteiger partial charge is 0.468 e. The van der Waals surface area contributed by atoms with Gasteiger partial charge in [0.15, 0.2) is 6.04 Å². The number of alkyl carbamates (subject to hydrolysis) is 1. The molecule has 1 fully saturated rings. The molecule has 0 bridgehead atoms. The van der Waals surface area contributed by atoms with Gasteiger partial charge < -0.3 is 25.4 Å². The lowest BCUT2D eigenvalue weighted by Crippen LogP contribution is -2.72. The minimum atomic E-state index is -0.996. The first-order valence-electron chi connectivity index (χ1n) is 13.7. The molecule has 0 aromatic heterocycles. The molecular weight excluding hydrogens is 530 g/mol. The Morgan fingerprint density at radius 1 is 0.738 bits per heavy atom. The van der Waals surface area contributed by atoms with E-state index in [9.17, 15) is 14.4 Å². The van der Waals surface area contributed by atoms with Crippen LogP contribution in [0.25, 0.3) is 21.5 Å². The summed E-state index contributed by atoms with van der Waals surface area (Å²) in [6.07, 6.45) is -1.29. The topological polar surface area (TPSA) is 106 Å². The van der Waals surface area contributed by atoms with Crippen molar-refractivity contribution in [1.82, 2.24) is 16.0 Å². The summed E-state index contributed by atoms with van der Waals surface area (Å²) >= 11 is 0. The first kappa shape index (κ1) is 26.8. The molecule has 1 aliphatic rings. The second kappa shape index (κ2) is 12.0. The Morgan fingerprint density at radius 2 is 1.38 bits per heavy atom. The number of carbonyl (C=O) groups is 3. The highest BCUT2D eigenvalue weighted by molar-refractivity contribution is 5.95. The lowest BCUT2D eigenvalue weighted by atomic mass is 10.0. The van der Waals surface area contributed by atoms with Gasteiger partial charge in [-0.3, -0.25) is 9.59 Å². The molecule has 210 valence electrons. The zero-order chi connectivity index (χ0) is 28.9. The van der Waals surface area contributed by atoms with E-state index in [0.717, 1.165) is 32.7 Å². The number of β-lactam (4-membered cyclic amide) rings is 1. The fraction of sp³-hybridized carbons (Fsp3) is 0.147. The van der Waals surface area contributed by atoms with Crippen LogP contribution in [0.5, 0.6) is 5.75 Å². The SMILES string of the molecule is O=C(N[C@@H](Cc1ccc2ccccc2c1)C(=O)N[C@@H]1C(=O)N[C@H]1Oc1ccc2ccccc2c1)OCc1ccccc1. The van der Waals surface area contributed by atoms with Crippen molar-refractivity contribution in [2.75, 3.05) is 0 Å². The van der Waals surface area contributed by atoms with Crippen LogP contribution in [0, 0.1) is 0 Å². The molecule has 1 aliphatic heterocycles. The fourth-order valence-corrected chi connectivity index (χ4v) is 4.95. The summed E-state index contributed by atoms with van der Waals surface area (Å²) in [7, 11) is 0. The number of amides is 3. The van der Waals surface area contributed by atoms with Crippen molar-refractivity contribution in [3.8, 4) is 5.75 Å². The summed E-state index contributed by atoms with van der Waals surface area (Å²) in [4.78, 5) is 38.8. The van der Waals surface area contributed by atoms with Crippen LogP contribution in [-0.2, 0) is 27.4 Å². The molecule has 6 rings (SSSR count). The van der Waals surface area contributed by atoms with Crippen molar-refractivity contribution < 1.29 is 23.9 Å². The number of benzene rings is 5. The lowest BCUT2D eigenvalue weighted by Gasteiger charge is -2.37. The number of ether oxygens (including phenoxy) is 2. The maximum absolute atomic E-state index is 13.5. The van der Waals surface area contributed by atoms with Gasteiger partial charge in [-0.1, -0.05) is 103 Å². The van der Waals surface area contributed by atoms with Gasteiger partial charge in [-0.25, -0.2) is 4.79 Å². The molecule has 0 aliphatic carbocycles. The molecule has 0 unspecified atom stereocenters. The predicted molar refractivity (Wildman–Crippen MR) is 160 cm³/mol. The molecule has 8 heteroatoms. The van der Waals surface area contributed by atoms with Crippen molar-refractivity contribution in [2.24, 2.45) is 0 Å². The first-order chi connectivity index (χ1) is 20.5. The van der Waals surface area contributed by atoms with Crippen LogP contribution in [0.2, 0.25) is 0 Å². The molecule has 1 saturated heterocycles. The quantitative estimate of drug-likeness (QED) is 0.224. The Hall–Kier alpha value is -5.37. The van der Waals surface area contributed by atoms with Gasteiger partial charge >= 0.3 is 6.09 Å². The molecule has 1 heterocycles. The third kappa shape index (κ3) is 6.18. The minimum absolute atomic E-state index is 0.0592. The van der Waals surface area contributed by atoms with E-state index in [1.807, 2.05) is 115 Å². The zero-order valence-electron chi connectivity index (χ0n) is 22.7. The van der Waals surface area contributed by atoms with Crippen molar-refractivity contribution in [3.05, 3.63) is 126 Å². The molecule has 0 saturated carbocycles. The van der Waals surface area contributed by atoms with E-state index >= 15 is 0 Å². The zero-order valence-corrected chi connectivity index (χ0v) is 22.7. The molecule has 8 nitrogen and oxygen atoms in total. The molecular formula is C34H29N3O5. The summed E-state index contributed by atoms with van der Waals surface area (Å²) in [6, 6.07) is 34.6. The van der Waals surface area contributed by atoms with Gasteiger partial charge in [-0.2, -0.15) is 0 Å². The lowest BCUT2D eigenvalue weighted by molar-refractivity contribution is -0.143. The Balaban J connectivity index is 1.16. The average molecular weight is 560 g/mol. The first-order valence-corrected chi connectivity index (χ1v) is 13.7. The third-order valence-electron chi connectivity index (χ3n) is 7.23. The van der Waals surface area contributed by atoms with Crippen molar-refractivity contribution in [2.45, 2.75) is 31.3 Å². The number of nitrogens with one attached hydrogen (secondary N) is 3. The number of hydrogen-bond acceptors (Lipinski definition) is 5. The summed E-state index contributed by atoms with van der Waals surface area (Å²) in [5.74, 6) is -0.328. The van der Waals surface area contributed by atoms with Crippen LogP contribution in [0.3, 0.4) is 0 Å². The van der Waals surface area contributed by atoms with Crippen LogP contribution in [-0.4, -0.2) is 36.2 Å². The maximum Gasteiger partial charge on any atom is 0.408 e. The minimum Gasteiger partial charge on any atom is -0.468 e. The highest BCUT2D eigenvalue weighted by Crippen LogP contribution is 2.23. The average Bonchev–Trinajstić information content (AvgIpc) is 3.02. The van der Waals surface area contributed by atoms with Crippen LogP contribution < -0.4 is 20.7 Å². The molecule has 0 spiro atoms. The van der Waals surface area contributed by atoms with Gasteiger partial charge in [0.2, 0.25) is 12.1 Å². The number of hydrogen-bond donors (Lipinski definition) is 3. The normalized spacial score (nSPS) is 16.6. The Morgan fingerprint density at radius 3 is 2.10 bits per heavy atom. The summed E-state index contributed by atoms with van der Waals surface area (Å²) < 4.78 is 11.4. The van der Waals surface area contributed by atoms with Crippen LogP contribution >= 0.6 is 0 Å². The number of fused-ring (bicyclic) bond motifs is 2. The van der Waals surface area contributed by atoms with Crippen molar-refractivity contribution >= 4 is 39.5 Å². The van der Waals surface area contributed by atoms with Gasteiger partial charge in [-0.05, 0) is 44.8 Å². The summed E-state index contributed by atoms with van der Waals surface area (Å²) in [5, 5.41) is 12.3. The van der Waals surface area contributed by atoms with E-state index in [4.69, 9.17) is 9.47 Å². The smallest absolute Gasteiger partial charge is 0.408 e. The van der Waals surface area contributed by atoms with E-state index in [0.29, 0.717) is 5.75 Å². The Labute approximate surface area is 242 Å². The maximum atomic E-state index is 13.5. The monoisotopic (exact) mass is 559 g/mol. The predicted octanol–water partition coefficient (Wildman–Crippen LogP) is 4.85. The molecule has 3 N–H and O–H groups in total. The molecule has 42 heavy (non-hydrogen) atoms. The van der Waals surface area contributed by atoms with Crippen LogP contribution in [0.1, 0.15) is 11.1 Å². The molecule has 3 atom stereocenters. The second-order valence-corrected chi connectivity index (χ2v) is 10.2. The number of carbonyl (C=O) groups excluding carboxylic acids is 3. The van der Waals surface area contributed by atoms with Crippen LogP contribution in [0.15, 0.2) is 115 Å². The van der Waals surface area contributed by atoms with Gasteiger partial charge in [0.25, 0.3) is 5.91 Å². The summed E-state index contributed by atoms with van der Waals surface area (Å²) in [5.41, 5.74) is 1.67. The Bertz CT molecular complexity index is 1760. The summed E-state index contributed by atoms with van der Waals surface area (Å²) in [6.45, 7) is 0.0592. The van der Waals surface area contributed by atoms with Crippen molar-refractivity contribution in [3.63, 3.8) is 0 Å². The second-order valence-electron chi connectivity index (χ2n) is 10.2. The van der Waals surface area contributed by atoms with Gasteiger partial charge in [0.1, 0.15) is 18.4 Å². The van der Waals surface area contributed by atoms with Crippen LogP contribution in [0.4, 0.5) is 4.79 Å². The van der Waals surface area contributed by atoms with Gasteiger partial charge in [0.05, 0.1) is 0 Å². The third-order valence-corrected chi connectivity index (χ3v) is 7.23. The van der Waals surface area contributed by atoms with E-state index in [-0.39, 0.29) is 18.9 Å². The molecule has 5 aromatic carbocycles. The van der Waals surface area contributed by atoms with E-state index in [1.165, 1.54) is 0 Å². The molecule has 3 amide bonds. The molecule has 0 radical (unpaired) electrons. The van der Waals surface area contributed by atoms with E-state index < -0.39 is 30.3 Å². The van der Waals surface area contributed by atoms with E-state index in [2.05, 4.69) is 16.0 Å². The number of rotatable bonds is 9. The van der Waals surface area contributed by atoms with E-state index in [1.54, 1.807) is 0 Å². The standard InChI is InChI=1S/C34H29N3O5/c38-31(36-30-32(39)37-33(30)42-28-17-16-25-11-5-7-13-27(25)20-28)29(35-34(40)41-21-22-8-2-1-3-9-22)19-23-14-15-24-10-4-6-12-26(24)18-23/h1-18,20,29-30,33H,19,21H2,(H,35,40)(H,36,38)(H,37,39)/t29-,30+,33-/m0/s1. The molecule has 5 aromatic rings. The van der Waals surface area contributed by atoms with Crippen molar-refractivity contribution in [1.29, 1.82) is 0 Å². The van der Waals surface area contributed by atoms with Gasteiger partial charge in [-0.15, -0.1) is 0 Å². The highest BCUT2D eigenvalue weighted by Gasteiger charge is 2.43. The van der Waals surface area contributed by atoms with Gasteiger partial charge in [0, 0.05) is 6.42 Å². The highest BCUT2D eigenvalue weighted by atomic mass is 16.5. The Kier molecular flexibility index (Phi) is 7.68. The fourth-order valence-electron chi connectivity index (χ4n) is 4.95.